The normalized spacial score (nSPS) is 11.9. The van der Waals surface area contributed by atoms with Crippen LogP contribution >= 0.6 is 27.5 Å². The maximum atomic E-state index is 13.4. The van der Waals surface area contributed by atoms with Gasteiger partial charge in [0, 0.05) is 10.4 Å². The van der Waals surface area contributed by atoms with Crippen molar-refractivity contribution in [3.05, 3.63) is 45.7 Å². The van der Waals surface area contributed by atoms with Gasteiger partial charge in [-0.25, -0.2) is 4.39 Å². The molecule has 1 rings (SSSR count). The van der Waals surface area contributed by atoms with Crippen LogP contribution in [-0.2, 0) is 6.42 Å². The van der Waals surface area contributed by atoms with Crippen LogP contribution in [0.25, 0.3) is 0 Å². The van der Waals surface area contributed by atoms with E-state index in [1.807, 2.05) is 13.0 Å². The van der Waals surface area contributed by atoms with Gasteiger partial charge in [0.15, 0.2) is 0 Å². The summed E-state index contributed by atoms with van der Waals surface area (Å²) in [5, 5.41) is 0. The highest BCUT2D eigenvalue weighted by atomic mass is 79.9. The summed E-state index contributed by atoms with van der Waals surface area (Å²) in [5.41, 5.74) is 1.87. The Hall–Kier alpha value is -0.340. The molecule has 0 heterocycles. The fraction of sp³-hybridized carbons (Fsp3) is 0.333. The smallest absolute Gasteiger partial charge is 0.127 e. The minimum Gasteiger partial charge on any atom is -0.207 e. The van der Waals surface area contributed by atoms with Crippen molar-refractivity contribution in [2.75, 3.05) is 5.88 Å². The Kier molecular flexibility index (Phi) is 5.34. The molecule has 0 atom stereocenters. The molecule has 0 aliphatic heterocycles. The van der Waals surface area contributed by atoms with Gasteiger partial charge < -0.3 is 0 Å². The van der Waals surface area contributed by atoms with Crippen LogP contribution in [0.3, 0.4) is 0 Å². The zero-order valence-corrected chi connectivity index (χ0v) is 10.9. The number of alkyl halides is 1. The van der Waals surface area contributed by atoms with E-state index in [0.29, 0.717) is 12.3 Å². The molecule has 3 heteroatoms. The van der Waals surface area contributed by atoms with Gasteiger partial charge >= 0.3 is 0 Å². The molecule has 0 aromatic heterocycles. The van der Waals surface area contributed by atoms with E-state index in [4.69, 9.17) is 11.6 Å². The van der Waals surface area contributed by atoms with Crippen molar-refractivity contribution in [1.29, 1.82) is 0 Å². The monoisotopic (exact) mass is 290 g/mol. The van der Waals surface area contributed by atoms with E-state index in [9.17, 15) is 4.39 Å². The number of halogens is 3. The second kappa shape index (κ2) is 6.29. The minimum absolute atomic E-state index is 0.164. The maximum Gasteiger partial charge on any atom is 0.127 e. The summed E-state index contributed by atoms with van der Waals surface area (Å²) in [6, 6.07) is 5.15. The third kappa shape index (κ3) is 4.35. The van der Waals surface area contributed by atoms with E-state index in [0.717, 1.165) is 22.0 Å². The Morgan fingerprint density at radius 3 is 2.87 bits per heavy atom. The van der Waals surface area contributed by atoms with E-state index in [1.165, 1.54) is 6.07 Å². The zero-order chi connectivity index (χ0) is 11.3. The molecular weight excluding hydrogens is 278 g/mol. The summed E-state index contributed by atoms with van der Waals surface area (Å²) >= 11 is 8.81. The first kappa shape index (κ1) is 12.7. The lowest BCUT2D eigenvalue weighted by Crippen LogP contribution is -1.92. The molecule has 1 aromatic carbocycles. The highest BCUT2D eigenvalue weighted by molar-refractivity contribution is 9.10. The zero-order valence-electron chi connectivity index (χ0n) is 8.56. The van der Waals surface area contributed by atoms with Crippen LogP contribution in [0.1, 0.15) is 18.9 Å². The van der Waals surface area contributed by atoms with Crippen LogP contribution in [0.4, 0.5) is 4.39 Å². The average Bonchev–Trinajstić information content (AvgIpc) is 2.19. The molecule has 0 aliphatic carbocycles. The van der Waals surface area contributed by atoms with Crippen molar-refractivity contribution in [2.24, 2.45) is 0 Å². The highest BCUT2D eigenvalue weighted by Gasteiger charge is 2.02. The van der Waals surface area contributed by atoms with E-state index in [-0.39, 0.29) is 5.82 Å². The van der Waals surface area contributed by atoms with Crippen molar-refractivity contribution >= 4 is 27.5 Å². The quantitative estimate of drug-likeness (QED) is 0.557. The van der Waals surface area contributed by atoms with Gasteiger partial charge in [-0.05, 0) is 37.5 Å². The summed E-state index contributed by atoms with van der Waals surface area (Å²) in [5.74, 6) is 0.447. The topological polar surface area (TPSA) is 0 Å². The van der Waals surface area contributed by atoms with Crippen LogP contribution < -0.4 is 0 Å². The second-order valence-electron chi connectivity index (χ2n) is 3.44. The number of hydrogen-bond acceptors (Lipinski definition) is 0. The lowest BCUT2D eigenvalue weighted by atomic mass is 10.1. The third-order valence-electron chi connectivity index (χ3n) is 2.09. The lowest BCUT2D eigenvalue weighted by molar-refractivity contribution is 0.612. The van der Waals surface area contributed by atoms with Gasteiger partial charge in [-0.15, -0.1) is 11.6 Å². The Bertz CT molecular complexity index is 361. The minimum atomic E-state index is -0.164. The van der Waals surface area contributed by atoms with Crippen molar-refractivity contribution in [1.82, 2.24) is 0 Å². The van der Waals surface area contributed by atoms with Gasteiger partial charge in [0.05, 0.1) is 0 Å². The molecular formula is C12H13BrClF. The Balaban J connectivity index is 2.72. The predicted octanol–water partition coefficient (Wildman–Crippen LogP) is 4.71. The largest absolute Gasteiger partial charge is 0.207 e. The molecule has 0 saturated carbocycles. The molecule has 0 nitrogen and oxygen atoms in total. The first-order valence-electron chi connectivity index (χ1n) is 4.79. The van der Waals surface area contributed by atoms with Gasteiger partial charge in [-0.1, -0.05) is 33.6 Å². The van der Waals surface area contributed by atoms with Crippen molar-refractivity contribution in [3.63, 3.8) is 0 Å². The molecule has 15 heavy (non-hydrogen) atoms. The molecule has 0 unspecified atom stereocenters. The van der Waals surface area contributed by atoms with Gasteiger partial charge in [0.1, 0.15) is 5.82 Å². The number of hydrogen-bond donors (Lipinski definition) is 0. The molecule has 0 spiro atoms. The Labute approximate surface area is 103 Å². The maximum absolute atomic E-state index is 13.4. The van der Waals surface area contributed by atoms with Crippen LogP contribution in [-0.4, -0.2) is 5.88 Å². The highest BCUT2D eigenvalue weighted by Crippen LogP contribution is 2.18. The van der Waals surface area contributed by atoms with Crippen molar-refractivity contribution in [2.45, 2.75) is 19.8 Å². The van der Waals surface area contributed by atoms with Crippen LogP contribution in [0, 0.1) is 5.82 Å². The van der Waals surface area contributed by atoms with Crippen LogP contribution in [0.2, 0.25) is 0 Å². The Morgan fingerprint density at radius 1 is 1.53 bits per heavy atom. The molecule has 0 fully saturated rings. The number of benzene rings is 1. The van der Waals surface area contributed by atoms with Gasteiger partial charge in [-0.3, -0.25) is 0 Å². The molecule has 0 bridgehead atoms. The number of allylic oxidation sites excluding steroid dienone is 2. The molecule has 1 aromatic rings. The lowest BCUT2D eigenvalue weighted by Gasteiger charge is -2.04. The van der Waals surface area contributed by atoms with Crippen LogP contribution in [0.5, 0.6) is 0 Å². The van der Waals surface area contributed by atoms with Crippen LogP contribution in [0.15, 0.2) is 34.3 Å². The summed E-state index contributed by atoms with van der Waals surface area (Å²) in [4.78, 5) is 0. The first-order chi connectivity index (χ1) is 7.13. The fourth-order valence-electron chi connectivity index (χ4n) is 1.34. The average molecular weight is 292 g/mol. The standard InChI is InChI=1S/C12H13BrClF/c1-9(3-2-6-14)7-10-4-5-11(13)8-12(10)15/h3-5,8H,2,6-7H2,1H3. The molecule has 0 aliphatic rings. The Morgan fingerprint density at radius 2 is 2.27 bits per heavy atom. The molecule has 0 amide bonds. The van der Waals surface area contributed by atoms with Gasteiger partial charge in [0.25, 0.3) is 0 Å². The second-order valence-corrected chi connectivity index (χ2v) is 4.73. The molecule has 0 saturated heterocycles. The van der Waals surface area contributed by atoms with E-state index in [2.05, 4.69) is 22.0 Å². The summed E-state index contributed by atoms with van der Waals surface area (Å²) in [7, 11) is 0. The van der Waals surface area contributed by atoms with Crippen molar-refractivity contribution < 1.29 is 4.39 Å². The number of rotatable bonds is 4. The van der Waals surface area contributed by atoms with Crippen molar-refractivity contribution in [3.8, 4) is 0 Å². The molecule has 0 N–H and O–H groups in total. The van der Waals surface area contributed by atoms with Gasteiger partial charge in [-0.2, -0.15) is 0 Å². The predicted molar refractivity (Wildman–Crippen MR) is 66.9 cm³/mol. The molecule has 82 valence electrons. The van der Waals surface area contributed by atoms with E-state index >= 15 is 0 Å². The molecule has 0 radical (unpaired) electrons. The summed E-state index contributed by atoms with van der Waals surface area (Å²) in [6.07, 6.45) is 3.54. The first-order valence-corrected chi connectivity index (χ1v) is 6.11. The third-order valence-corrected chi connectivity index (χ3v) is 2.80. The van der Waals surface area contributed by atoms with E-state index < -0.39 is 0 Å². The SMILES string of the molecule is CC(=CCCCl)Cc1ccc(Br)cc1F. The van der Waals surface area contributed by atoms with Gasteiger partial charge in [0.2, 0.25) is 0 Å². The summed E-state index contributed by atoms with van der Waals surface area (Å²) < 4.78 is 14.2. The van der Waals surface area contributed by atoms with E-state index in [1.54, 1.807) is 6.07 Å². The summed E-state index contributed by atoms with van der Waals surface area (Å²) in [6.45, 7) is 1.99. The fourth-order valence-corrected chi connectivity index (χ4v) is 1.78.